The van der Waals surface area contributed by atoms with Crippen LogP contribution in [0.4, 0.5) is 10.1 Å². The molecule has 0 atom stereocenters. The summed E-state index contributed by atoms with van der Waals surface area (Å²) in [5, 5.41) is 2.97. The van der Waals surface area contributed by atoms with Gasteiger partial charge in [0.2, 0.25) is 0 Å². The number of ether oxygens (including phenoxy) is 1. The first-order chi connectivity index (χ1) is 10.2. The van der Waals surface area contributed by atoms with Crippen LogP contribution in [0.1, 0.15) is 5.56 Å². The average Bonchev–Trinajstić information content (AvgIpc) is 2.49. The van der Waals surface area contributed by atoms with Crippen LogP contribution in [0.5, 0.6) is 5.75 Å². The van der Waals surface area contributed by atoms with Crippen LogP contribution in [0.25, 0.3) is 0 Å². The van der Waals surface area contributed by atoms with Crippen molar-refractivity contribution in [3.8, 4) is 5.75 Å². The maximum absolute atomic E-state index is 13.4. The van der Waals surface area contributed by atoms with Crippen molar-refractivity contribution in [2.24, 2.45) is 10.7 Å². The lowest BCUT2D eigenvalue weighted by Crippen LogP contribution is -2.23. The van der Waals surface area contributed by atoms with Crippen LogP contribution in [-0.2, 0) is 6.42 Å². The molecule has 0 bridgehead atoms. The summed E-state index contributed by atoms with van der Waals surface area (Å²) in [6.07, 6.45) is 0.507. The fourth-order valence-electron chi connectivity index (χ4n) is 1.89. The molecule has 0 aromatic heterocycles. The number of nitrogens with one attached hydrogen (secondary N) is 1. The first kappa shape index (κ1) is 18.2. The predicted molar refractivity (Wildman–Crippen MR) is 98.6 cm³/mol. The molecule has 2 aromatic carbocycles. The lowest BCUT2D eigenvalue weighted by atomic mass is 10.1. The molecule has 0 heterocycles. The van der Waals surface area contributed by atoms with E-state index in [1.807, 2.05) is 24.3 Å². The molecule has 0 radical (unpaired) electrons. The van der Waals surface area contributed by atoms with Crippen LogP contribution in [0.2, 0.25) is 0 Å². The molecule has 0 saturated heterocycles. The molecule has 0 aliphatic heterocycles. The van der Waals surface area contributed by atoms with Gasteiger partial charge in [-0.25, -0.2) is 4.39 Å². The molecule has 0 fully saturated rings. The van der Waals surface area contributed by atoms with Gasteiger partial charge in [-0.05, 0) is 30.2 Å². The van der Waals surface area contributed by atoms with E-state index in [2.05, 4.69) is 10.3 Å². The molecular weight excluding hydrogens is 396 g/mol. The number of anilines is 1. The zero-order valence-corrected chi connectivity index (χ0v) is 14.6. The third-order valence-corrected chi connectivity index (χ3v) is 2.96. The Morgan fingerprint density at radius 1 is 1.23 bits per heavy atom. The molecule has 118 valence electrons. The Morgan fingerprint density at radius 3 is 2.73 bits per heavy atom. The van der Waals surface area contributed by atoms with Gasteiger partial charge in [-0.15, -0.1) is 24.0 Å². The van der Waals surface area contributed by atoms with Crippen LogP contribution in [-0.4, -0.2) is 19.6 Å². The molecular formula is C16H19FIN3O. The van der Waals surface area contributed by atoms with E-state index in [9.17, 15) is 4.39 Å². The molecule has 2 aromatic rings. The smallest absolute Gasteiger partial charge is 0.193 e. The van der Waals surface area contributed by atoms with Gasteiger partial charge in [0, 0.05) is 18.3 Å². The van der Waals surface area contributed by atoms with Crippen LogP contribution in [0.15, 0.2) is 53.5 Å². The third kappa shape index (κ3) is 5.51. The Labute approximate surface area is 146 Å². The number of hydrogen-bond acceptors (Lipinski definition) is 2. The second-order valence-corrected chi connectivity index (χ2v) is 4.47. The molecule has 4 nitrogen and oxygen atoms in total. The van der Waals surface area contributed by atoms with E-state index in [0.29, 0.717) is 24.5 Å². The van der Waals surface area contributed by atoms with Gasteiger partial charge in [0.1, 0.15) is 11.6 Å². The maximum Gasteiger partial charge on any atom is 0.193 e. The van der Waals surface area contributed by atoms with Gasteiger partial charge in [-0.3, -0.25) is 4.99 Å². The van der Waals surface area contributed by atoms with E-state index in [1.54, 1.807) is 25.3 Å². The normalized spacial score (nSPS) is 10.7. The maximum atomic E-state index is 13.4. The minimum Gasteiger partial charge on any atom is -0.497 e. The number of halogens is 2. The van der Waals surface area contributed by atoms with Gasteiger partial charge in [0.25, 0.3) is 0 Å². The summed E-state index contributed by atoms with van der Waals surface area (Å²) in [5.41, 5.74) is 7.23. The zero-order valence-electron chi connectivity index (χ0n) is 12.3. The number of nitrogens with zero attached hydrogens (tertiary/aromatic N) is 1. The monoisotopic (exact) mass is 415 g/mol. The Kier molecular flexibility index (Phi) is 7.65. The fraction of sp³-hybridized carbons (Fsp3) is 0.188. The number of rotatable bonds is 5. The molecule has 22 heavy (non-hydrogen) atoms. The zero-order chi connectivity index (χ0) is 15.1. The fourth-order valence-corrected chi connectivity index (χ4v) is 1.89. The van der Waals surface area contributed by atoms with Crippen LogP contribution < -0.4 is 15.8 Å². The van der Waals surface area contributed by atoms with E-state index < -0.39 is 0 Å². The molecule has 0 aliphatic carbocycles. The first-order valence-electron chi connectivity index (χ1n) is 6.63. The van der Waals surface area contributed by atoms with Gasteiger partial charge in [-0.1, -0.05) is 24.3 Å². The van der Waals surface area contributed by atoms with Crippen molar-refractivity contribution in [2.75, 3.05) is 19.0 Å². The number of methoxy groups -OCH3 is 1. The van der Waals surface area contributed by atoms with Gasteiger partial charge in [0.05, 0.1) is 7.11 Å². The summed E-state index contributed by atoms with van der Waals surface area (Å²) in [6.45, 7) is 0.420. The Balaban J connectivity index is 0.00000242. The van der Waals surface area contributed by atoms with E-state index in [-0.39, 0.29) is 29.8 Å². The van der Waals surface area contributed by atoms with E-state index in [1.165, 1.54) is 6.07 Å². The molecule has 6 heteroatoms. The van der Waals surface area contributed by atoms with Crippen molar-refractivity contribution in [3.63, 3.8) is 0 Å². The molecule has 0 unspecified atom stereocenters. The number of aliphatic imine (C=N–C) groups is 1. The highest BCUT2D eigenvalue weighted by atomic mass is 127. The highest BCUT2D eigenvalue weighted by Gasteiger charge is 2.00. The van der Waals surface area contributed by atoms with Crippen molar-refractivity contribution in [2.45, 2.75) is 6.42 Å². The average molecular weight is 415 g/mol. The van der Waals surface area contributed by atoms with Crippen molar-refractivity contribution in [3.05, 3.63) is 59.9 Å². The van der Waals surface area contributed by atoms with Crippen molar-refractivity contribution in [1.29, 1.82) is 0 Å². The van der Waals surface area contributed by atoms with Gasteiger partial charge < -0.3 is 15.8 Å². The summed E-state index contributed by atoms with van der Waals surface area (Å²) < 4.78 is 18.6. The number of guanidine groups is 1. The summed E-state index contributed by atoms with van der Waals surface area (Å²) in [6, 6.07) is 14.0. The number of hydrogen-bond donors (Lipinski definition) is 2. The van der Waals surface area contributed by atoms with Crippen LogP contribution in [0.3, 0.4) is 0 Å². The van der Waals surface area contributed by atoms with Gasteiger partial charge in [-0.2, -0.15) is 0 Å². The van der Waals surface area contributed by atoms with Gasteiger partial charge in [0.15, 0.2) is 5.96 Å². The Morgan fingerprint density at radius 2 is 2.00 bits per heavy atom. The van der Waals surface area contributed by atoms with Crippen LogP contribution >= 0.6 is 24.0 Å². The van der Waals surface area contributed by atoms with Crippen LogP contribution in [0, 0.1) is 5.82 Å². The summed E-state index contributed by atoms with van der Waals surface area (Å²) in [4.78, 5) is 4.19. The van der Waals surface area contributed by atoms with Gasteiger partial charge >= 0.3 is 0 Å². The minimum atomic E-state index is -0.216. The van der Waals surface area contributed by atoms with Crippen molar-refractivity contribution < 1.29 is 9.13 Å². The molecule has 0 aliphatic rings. The lowest BCUT2D eigenvalue weighted by molar-refractivity contribution is 0.415. The number of nitrogens with two attached hydrogens (primary N) is 1. The highest BCUT2D eigenvalue weighted by molar-refractivity contribution is 14.0. The van der Waals surface area contributed by atoms with Crippen molar-refractivity contribution >= 4 is 35.6 Å². The Bertz CT molecular complexity index is 634. The van der Waals surface area contributed by atoms with E-state index in [0.717, 1.165) is 11.4 Å². The highest BCUT2D eigenvalue weighted by Crippen LogP contribution is 2.16. The predicted octanol–water partition coefficient (Wildman–Crippen LogP) is 3.42. The minimum absolute atomic E-state index is 0. The standard InChI is InChI=1S/C16H18FN3O.HI/c1-21-14-7-4-6-13(11-14)20-16(18)19-10-9-12-5-2-3-8-15(12)17;/h2-8,11H,9-10H2,1H3,(H3,18,19,20);1H. The number of benzene rings is 2. The quantitative estimate of drug-likeness (QED) is 0.447. The largest absolute Gasteiger partial charge is 0.497 e. The molecule has 0 saturated carbocycles. The second kappa shape index (κ2) is 9.24. The van der Waals surface area contributed by atoms with Crippen molar-refractivity contribution in [1.82, 2.24) is 0 Å². The lowest BCUT2D eigenvalue weighted by Gasteiger charge is -2.07. The first-order valence-corrected chi connectivity index (χ1v) is 6.63. The Hall–Kier alpha value is -1.83. The van der Waals surface area contributed by atoms with E-state index in [4.69, 9.17) is 10.5 Å². The molecule has 0 amide bonds. The molecule has 2 rings (SSSR count). The summed E-state index contributed by atoms with van der Waals surface area (Å²) in [5.74, 6) is 0.811. The summed E-state index contributed by atoms with van der Waals surface area (Å²) >= 11 is 0. The molecule has 0 spiro atoms. The third-order valence-electron chi connectivity index (χ3n) is 2.96. The molecule has 3 N–H and O–H groups in total. The second-order valence-electron chi connectivity index (χ2n) is 4.47. The summed E-state index contributed by atoms with van der Waals surface area (Å²) in [7, 11) is 1.60. The topological polar surface area (TPSA) is 59.6 Å². The van der Waals surface area contributed by atoms with E-state index >= 15 is 0 Å². The SMILES string of the molecule is COc1cccc(NC(N)=NCCc2ccccc2F)c1.I.